The topological polar surface area (TPSA) is 21.1 Å². The lowest BCUT2D eigenvalue weighted by molar-refractivity contribution is 0.345. The third-order valence-corrected chi connectivity index (χ3v) is 2.99. The van der Waals surface area contributed by atoms with Crippen molar-refractivity contribution in [3.63, 3.8) is 0 Å². The quantitative estimate of drug-likeness (QED) is 0.648. The Balaban J connectivity index is 2.48. The highest BCUT2D eigenvalue weighted by atomic mass is 79.9. The predicted molar refractivity (Wildman–Crippen MR) is 46.1 cm³/mol. The molecule has 0 saturated carbocycles. The summed E-state index contributed by atoms with van der Waals surface area (Å²) in [5.74, 6) is 0. The van der Waals surface area contributed by atoms with Gasteiger partial charge in [-0.1, -0.05) is 0 Å². The fraction of sp³-hybridized carbons (Fsp3) is 0.571. The predicted octanol–water partition coefficient (Wildman–Crippen LogP) is 1.13. The van der Waals surface area contributed by atoms with Gasteiger partial charge in [-0.15, -0.1) is 0 Å². The molecule has 0 spiro atoms. The molecule has 1 aromatic rings. The van der Waals surface area contributed by atoms with Crippen molar-refractivity contribution < 1.29 is 0 Å². The Labute approximate surface area is 74.1 Å². The standard InChI is InChI=1S/C7H10BrN3/c1-10-3-5-6(4-10)9-11(2)7(5)8/h3-4H2,1-2H3. The summed E-state index contributed by atoms with van der Waals surface area (Å²) in [6.45, 7) is 2.00. The molecule has 0 amide bonds. The summed E-state index contributed by atoms with van der Waals surface area (Å²) in [7, 11) is 4.07. The molecule has 2 heterocycles. The second-order valence-corrected chi connectivity index (χ2v) is 3.76. The largest absolute Gasteiger partial charge is 0.296 e. The second kappa shape index (κ2) is 2.32. The van der Waals surface area contributed by atoms with Crippen LogP contribution in [-0.4, -0.2) is 21.7 Å². The molecule has 0 N–H and O–H groups in total. The van der Waals surface area contributed by atoms with E-state index < -0.39 is 0 Å². The lowest BCUT2D eigenvalue weighted by atomic mass is 10.3. The molecule has 1 aliphatic heterocycles. The summed E-state index contributed by atoms with van der Waals surface area (Å²) in [5.41, 5.74) is 2.55. The maximum Gasteiger partial charge on any atom is 0.108 e. The average Bonchev–Trinajstić information content (AvgIpc) is 2.37. The van der Waals surface area contributed by atoms with Gasteiger partial charge in [-0.05, 0) is 23.0 Å². The van der Waals surface area contributed by atoms with Crippen LogP contribution in [0.2, 0.25) is 0 Å². The summed E-state index contributed by atoms with van der Waals surface area (Å²) in [6.07, 6.45) is 0. The fourth-order valence-electron chi connectivity index (χ4n) is 1.46. The normalized spacial score (nSPS) is 17.4. The Morgan fingerprint density at radius 3 is 2.73 bits per heavy atom. The molecular formula is C7H10BrN3. The van der Waals surface area contributed by atoms with Crippen LogP contribution in [0.4, 0.5) is 0 Å². The zero-order chi connectivity index (χ0) is 8.01. The number of nitrogens with zero attached hydrogens (tertiary/aromatic N) is 3. The molecule has 0 unspecified atom stereocenters. The van der Waals surface area contributed by atoms with Crippen LogP contribution in [0.5, 0.6) is 0 Å². The maximum absolute atomic E-state index is 4.37. The molecule has 0 saturated heterocycles. The van der Waals surface area contributed by atoms with E-state index in [1.807, 2.05) is 11.7 Å². The van der Waals surface area contributed by atoms with Crippen molar-refractivity contribution in [3.8, 4) is 0 Å². The molecule has 1 aromatic heterocycles. The molecule has 0 radical (unpaired) electrons. The third-order valence-electron chi connectivity index (χ3n) is 2.00. The number of rotatable bonds is 0. The van der Waals surface area contributed by atoms with Gasteiger partial charge in [0.05, 0.1) is 5.69 Å². The average molecular weight is 216 g/mol. The van der Waals surface area contributed by atoms with Gasteiger partial charge in [-0.3, -0.25) is 9.58 Å². The Bertz CT molecular complexity index is 292. The maximum atomic E-state index is 4.37. The molecule has 0 aromatic carbocycles. The van der Waals surface area contributed by atoms with Gasteiger partial charge < -0.3 is 0 Å². The van der Waals surface area contributed by atoms with E-state index in [2.05, 4.69) is 33.0 Å². The molecule has 60 valence electrons. The molecule has 2 rings (SSSR count). The van der Waals surface area contributed by atoms with Gasteiger partial charge >= 0.3 is 0 Å². The summed E-state index contributed by atoms with van der Waals surface area (Å²) in [6, 6.07) is 0. The first-order valence-corrected chi connectivity index (χ1v) is 4.36. The molecular weight excluding hydrogens is 206 g/mol. The highest BCUT2D eigenvalue weighted by Gasteiger charge is 2.22. The number of fused-ring (bicyclic) bond motifs is 1. The van der Waals surface area contributed by atoms with Crippen molar-refractivity contribution in [2.45, 2.75) is 13.1 Å². The Hall–Kier alpha value is -0.350. The van der Waals surface area contributed by atoms with E-state index in [0.717, 1.165) is 17.7 Å². The van der Waals surface area contributed by atoms with E-state index in [9.17, 15) is 0 Å². The van der Waals surface area contributed by atoms with Crippen LogP contribution in [0, 0.1) is 0 Å². The number of halogens is 1. The van der Waals surface area contributed by atoms with E-state index >= 15 is 0 Å². The van der Waals surface area contributed by atoms with Crippen LogP contribution in [-0.2, 0) is 20.1 Å². The molecule has 0 bridgehead atoms. The van der Waals surface area contributed by atoms with E-state index in [-0.39, 0.29) is 0 Å². The van der Waals surface area contributed by atoms with Gasteiger partial charge in [0.25, 0.3) is 0 Å². The first-order valence-electron chi connectivity index (χ1n) is 3.57. The zero-order valence-electron chi connectivity index (χ0n) is 6.63. The van der Waals surface area contributed by atoms with Crippen LogP contribution >= 0.6 is 15.9 Å². The van der Waals surface area contributed by atoms with Gasteiger partial charge in [-0.25, -0.2) is 0 Å². The lowest BCUT2D eigenvalue weighted by Gasteiger charge is -2.05. The van der Waals surface area contributed by atoms with Gasteiger partial charge in [-0.2, -0.15) is 5.10 Å². The van der Waals surface area contributed by atoms with E-state index in [1.165, 1.54) is 11.3 Å². The summed E-state index contributed by atoms with van der Waals surface area (Å²) in [4.78, 5) is 2.25. The number of hydrogen-bond donors (Lipinski definition) is 0. The molecule has 0 fully saturated rings. The molecule has 11 heavy (non-hydrogen) atoms. The SMILES string of the molecule is CN1Cc2nn(C)c(Br)c2C1. The molecule has 1 aliphatic rings. The number of aryl methyl sites for hydroxylation is 1. The third kappa shape index (κ3) is 1.01. The first kappa shape index (κ1) is 7.31. The minimum absolute atomic E-state index is 0.981. The molecule has 0 aliphatic carbocycles. The number of aromatic nitrogens is 2. The molecule has 4 heteroatoms. The monoisotopic (exact) mass is 215 g/mol. The van der Waals surface area contributed by atoms with Crippen molar-refractivity contribution in [1.29, 1.82) is 0 Å². The van der Waals surface area contributed by atoms with Gasteiger partial charge in [0.1, 0.15) is 4.60 Å². The van der Waals surface area contributed by atoms with Crippen LogP contribution in [0.3, 0.4) is 0 Å². The Morgan fingerprint density at radius 2 is 2.09 bits per heavy atom. The summed E-state index contributed by atoms with van der Waals surface area (Å²) >= 11 is 3.50. The highest BCUT2D eigenvalue weighted by Crippen LogP contribution is 2.27. The Morgan fingerprint density at radius 1 is 1.36 bits per heavy atom. The second-order valence-electron chi connectivity index (χ2n) is 3.01. The smallest absolute Gasteiger partial charge is 0.108 e. The van der Waals surface area contributed by atoms with E-state index in [1.54, 1.807) is 0 Å². The number of hydrogen-bond acceptors (Lipinski definition) is 2. The fourth-order valence-corrected chi connectivity index (χ4v) is 1.90. The van der Waals surface area contributed by atoms with Crippen LogP contribution in [0.25, 0.3) is 0 Å². The summed E-state index contributed by atoms with van der Waals surface area (Å²) < 4.78 is 3.01. The minimum Gasteiger partial charge on any atom is -0.296 e. The first-order chi connectivity index (χ1) is 5.18. The Kier molecular flexibility index (Phi) is 1.54. The van der Waals surface area contributed by atoms with Gasteiger partial charge in [0, 0.05) is 25.7 Å². The molecule has 0 atom stereocenters. The summed E-state index contributed by atoms with van der Waals surface area (Å²) in [5, 5.41) is 4.37. The van der Waals surface area contributed by atoms with Crippen molar-refractivity contribution in [1.82, 2.24) is 14.7 Å². The highest BCUT2D eigenvalue weighted by molar-refractivity contribution is 9.10. The van der Waals surface area contributed by atoms with Crippen LogP contribution < -0.4 is 0 Å². The van der Waals surface area contributed by atoms with Gasteiger partial charge in [0.15, 0.2) is 0 Å². The zero-order valence-corrected chi connectivity index (χ0v) is 8.22. The van der Waals surface area contributed by atoms with Crippen molar-refractivity contribution in [2.24, 2.45) is 7.05 Å². The van der Waals surface area contributed by atoms with Crippen molar-refractivity contribution in [3.05, 3.63) is 15.9 Å². The minimum atomic E-state index is 0.981. The van der Waals surface area contributed by atoms with E-state index in [4.69, 9.17) is 0 Å². The molecule has 3 nitrogen and oxygen atoms in total. The van der Waals surface area contributed by atoms with Gasteiger partial charge in [0.2, 0.25) is 0 Å². The van der Waals surface area contributed by atoms with E-state index in [0.29, 0.717) is 0 Å². The van der Waals surface area contributed by atoms with Crippen molar-refractivity contribution >= 4 is 15.9 Å². The lowest BCUT2D eigenvalue weighted by Crippen LogP contribution is -2.10. The van der Waals surface area contributed by atoms with Crippen molar-refractivity contribution in [2.75, 3.05) is 7.05 Å². The van der Waals surface area contributed by atoms with Crippen LogP contribution in [0.1, 0.15) is 11.3 Å². The van der Waals surface area contributed by atoms with Crippen LogP contribution in [0.15, 0.2) is 4.60 Å².